The van der Waals surface area contributed by atoms with Crippen molar-refractivity contribution in [3.05, 3.63) is 52.6 Å². The van der Waals surface area contributed by atoms with Gasteiger partial charge in [0.05, 0.1) is 17.8 Å². The zero-order chi connectivity index (χ0) is 17.4. The first-order valence-corrected chi connectivity index (χ1v) is 7.60. The van der Waals surface area contributed by atoms with Gasteiger partial charge in [0.1, 0.15) is 12.2 Å². The Bertz CT molecular complexity index is 949. The van der Waals surface area contributed by atoms with Crippen molar-refractivity contribution in [2.75, 3.05) is 0 Å². The van der Waals surface area contributed by atoms with Crippen LogP contribution >= 0.6 is 0 Å². The summed E-state index contributed by atoms with van der Waals surface area (Å²) in [5, 5.41) is 6.82. The second-order valence-electron chi connectivity index (χ2n) is 5.68. The van der Waals surface area contributed by atoms with Crippen LogP contribution in [0.3, 0.4) is 0 Å². The van der Waals surface area contributed by atoms with Crippen LogP contribution in [0.25, 0.3) is 11.5 Å². The Balaban J connectivity index is 1.51. The average molecular weight is 346 g/mol. The molecule has 3 aromatic rings. The SMILES string of the molecule is O=c1nc(C2CC2)ncn1Cc1ccc(-c2nnc(C(F)F)o2)cn1. The lowest BCUT2D eigenvalue weighted by Gasteiger charge is -2.05. The zero-order valence-electron chi connectivity index (χ0n) is 12.8. The Morgan fingerprint density at radius 1 is 1.24 bits per heavy atom. The van der Waals surface area contributed by atoms with E-state index in [2.05, 4.69) is 25.1 Å². The fraction of sp³-hybridized carbons (Fsp3) is 0.333. The molecule has 0 atom stereocenters. The summed E-state index contributed by atoms with van der Waals surface area (Å²) >= 11 is 0. The molecule has 0 aliphatic heterocycles. The summed E-state index contributed by atoms with van der Waals surface area (Å²) in [7, 11) is 0. The number of rotatable bonds is 5. The first-order valence-electron chi connectivity index (χ1n) is 7.60. The minimum Gasteiger partial charge on any atom is -0.415 e. The van der Waals surface area contributed by atoms with Gasteiger partial charge in [0, 0.05) is 12.1 Å². The van der Waals surface area contributed by atoms with E-state index in [0.29, 0.717) is 23.0 Å². The van der Waals surface area contributed by atoms with E-state index in [0.717, 1.165) is 12.8 Å². The van der Waals surface area contributed by atoms with E-state index in [1.165, 1.54) is 17.1 Å². The molecule has 25 heavy (non-hydrogen) atoms. The van der Waals surface area contributed by atoms with Crippen molar-refractivity contribution < 1.29 is 13.2 Å². The molecular weight excluding hydrogens is 334 g/mol. The number of hydrogen-bond acceptors (Lipinski definition) is 7. The van der Waals surface area contributed by atoms with Crippen LogP contribution in [-0.4, -0.2) is 29.7 Å². The molecule has 1 aliphatic carbocycles. The van der Waals surface area contributed by atoms with Gasteiger partial charge in [-0.1, -0.05) is 0 Å². The second kappa shape index (κ2) is 6.11. The molecule has 0 bridgehead atoms. The molecule has 0 spiro atoms. The second-order valence-corrected chi connectivity index (χ2v) is 5.68. The molecule has 4 rings (SSSR count). The summed E-state index contributed by atoms with van der Waals surface area (Å²) < 4.78 is 31.2. The molecule has 8 nitrogen and oxygen atoms in total. The third-order valence-electron chi connectivity index (χ3n) is 3.76. The molecular formula is C15H12F2N6O2. The Kier molecular flexibility index (Phi) is 3.79. The van der Waals surface area contributed by atoms with Crippen molar-refractivity contribution in [3.8, 4) is 11.5 Å². The minimum atomic E-state index is -2.82. The minimum absolute atomic E-state index is 0.0383. The van der Waals surface area contributed by atoms with Crippen LogP contribution in [0, 0.1) is 0 Å². The van der Waals surface area contributed by atoms with Gasteiger partial charge in [-0.15, -0.1) is 10.2 Å². The highest BCUT2D eigenvalue weighted by Gasteiger charge is 2.27. The maximum Gasteiger partial charge on any atom is 0.350 e. The predicted octanol–water partition coefficient (Wildman–Crippen LogP) is 1.95. The maximum atomic E-state index is 12.5. The van der Waals surface area contributed by atoms with E-state index in [4.69, 9.17) is 4.42 Å². The fourth-order valence-electron chi connectivity index (χ4n) is 2.27. The van der Waals surface area contributed by atoms with Gasteiger partial charge < -0.3 is 4.42 Å². The normalized spacial score (nSPS) is 14.2. The lowest BCUT2D eigenvalue weighted by Crippen LogP contribution is -2.25. The van der Waals surface area contributed by atoms with E-state index in [1.807, 2.05) is 0 Å². The molecule has 0 unspecified atom stereocenters. The van der Waals surface area contributed by atoms with Crippen LogP contribution in [0.5, 0.6) is 0 Å². The van der Waals surface area contributed by atoms with Crippen molar-refractivity contribution in [1.82, 2.24) is 29.7 Å². The number of pyridine rings is 1. The third-order valence-corrected chi connectivity index (χ3v) is 3.76. The van der Waals surface area contributed by atoms with Gasteiger partial charge in [0.15, 0.2) is 0 Å². The van der Waals surface area contributed by atoms with Crippen molar-refractivity contribution >= 4 is 0 Å². The van der Waals surface area contributed by atoms with Crippen LogP contribution in [0.2, 0.25) is 0 Å². The molecule has 128 valence electrons. The Morgan fingerprint density at radius 2 is 2.08 bits per heavy atom. The molecule has 10 heteroatoms. The van der Waals surface area contributed by atoms with Gasteiger partial charge >= 0.3 is 12.1 Å². The average Bonchev–Trinajstić information content (AvgIpc) is 3.33. The molecule has 0 amide bonds. The monoisotopic (exact) mass is 346 g/mol. The van der Waals surface area contributed by atoms with Crippen molar-refractivity contribution in [2.24, 2.45) is 0 Å². The lowest BCUT2D eigenvalue weighted by atomic mass is 10.2. The fourth-order valence-corrected chi connectivity index (χ4v) is 2.27. The molecule has 1 saturated carbocycles. The lowest BCUT2D eigenvalue weighted by molar-refractivity contribution is 0.116. The summed E-state index contributed by atoms with van der Waals surface area (Å²) in [6, 6.07) is 3.25. The quantitative estimate of drug-likeness (QED) is 0.696. The van der Waals surface area contributed by atoms with Crippen LogP contribution in [-0.2, 0) is 6.54 Å². The Labute approximate surface area is 139 Å². The van der Waals surface area contributed by atoms with E-state index in [1.54, 1.807) is 12.1 Å². The van der Waals surface area contributed by atoms with E-state index >= 15 is 0 Å². The highest BCUT2D eigenvalue weighted by Crippen LogP contribution is 2.37. The summed E-state index contributed by atoms with van der Waals surface area (Å²) in [6.07, 6.45) is 2.11. The molecule has 1 fully saturated rings. The van der Waals surface area contributed by atoms with Crippen LogP contribution in [0.4, 0.5) is 8.78 Å². The predicted molar refractivity (Wildman–Crippen MR) is 79.9 cm³/mol. The van der Waals surface area contributed by atoms with Crippen LogP contribution < -0.4 is 5.69 Å². The first-order chi connectivity index (χ1) is 12.1. The molecule has 0 aromatic carbocycles. The maximum absolute atomic E-state index is 12.5. The molecule has 0 saturated heterocycles. The number of hydrogen-bond donors (Lipinski definition) is 0. The van der Waals surface area contributed by atoms with Crippen molar-refractivity contribution in [1.29, 1.82) is 0 Å². The zero-order valence-corrected chi connectivity index (χ0v) is 12.8. The summed E-state index contributed by atoms with van der Waals surface area (Å²) in [4.78, 5) is 24.4. The topological polar surface area (TPSA) is 99.6 Å². The summed E-state index contributed by atoms with van der Waals surface area (Å²) in [5.41, 5.74) is 0.624. The van der Waals surface area contributed by atoms with Gasteiger partial charge in [0.25, 0.3) is 5.89 Å². The molecule has 0 N–H and O–H groups in total. The van der Waals surface area contributed by atoms with Gasteiger partial charge in [-0.25, -0.2) is 9.78 Å². The van der Waals surface area contributed by atoms with Gasteiger partial charge in [-0.2, -0.15) is 13.8 Å². The highest BCUT2D eigenvalue weighted by molar-refractivity contribution is 5.50. The first kappa shape index (κ1) is 15.5. The molecule has 3 heterocycles. The smallest absolute Gasteiger partial charge is 0.350 e. The Morgan fingerprint density at radius 3 is 2.68 bits per heavy atom. The van der Waals surface area contributed by atoms with Gasteiger partial charge in [0.2, 0.25) is 5.89 Å². The van der Waals surface area contributed by atoms with Crippen LogP contribution in [0.15, 0.2) is 33.9 Å². The number of nitrogens with zero attached hydrogens (tertiary/aromatic N) is 6. The van der Waals surface area contributed by atoms with Gasteiger partial charge in [-0.3, -0.25) is 9.55 Å². The van der Waals surface area contributed by atoms with E-state index in [-0.39, 0.29) is 18.1 Å². The van der Waals surface area contributed by atoms with Crippen molar-refractivity contribution in [3.63, 3.8) is 0 Å². The van der Waals surface area contributed by atoms with Gasteiger partial charge in [-0.05, 0) is 25.0 Å². The number of alkyl halides is 2. The van der Waals surface area contributed by atoms with Crippen molar-refractivity contribution in [2.45, 2.75) is 31.7 Å². The molecule has 3 aromatic heterocycles. The van der Waals surface area contributed by atoms with Crippen LogP contribution in [0.1, 0.15) is 42.6 Å². The standard InChI is InChI=1S/C15H12F2N6O2/c16-11(17)14-22-21-13(25-14)9-3-4-10(18-5-9)6-23-7-19-12(8-1-2-8)20-15(23)24/h3-5,7-8,11H,1-2,6H2. The number of halogens is 2. The largest absolute Gasteiger partial charge is 0.415 e. The molecule has 0 radical (unpaired) electrons. The third kappa shape index (κ3) is 3.28. The van der Waals surface area contributed by atoms with E-state index < -0.39 is 12.3 Å². The van der Waals surface area contributed by atoms with E-state index in [9.17, 15) is 13.6 Å². The summed E-state index contributed by atoms with van der Waals surface area (Å²) in [6.45, 7) is 0.205. The molecule has 1 aliphatic rings. The number of aromatic nitrogens is 6. The highest BCUT2D eigenvalue weighted by atomic mass is 19.3. The summed E-state index contributed by atoms with van der Waals surface area (Å²) in [5.74, 6) is 0.130. The Hall–Kier alpha value is -3.04.